The zero-order valence-corrected chi connectivity index (χ0v) is 16.2. The second-order valence-electron chi connectivity index (χ2n) is 7.79. The van der Waals surface area contributed by atoms with E-state index in [2.05, 4.69) is 21.1 Å². The Morgan fingerprint density at radius 3 is 2.69 bits per heavy atom. The predicted molar refractivity (Wildman–Crippen MR) is 103 cm³/mol. The van der Waals surface area contributed by atoms with Gasteiger partial charge in [-0.05, 0) is 50.6 Å². The van der Waals surface area contributed by atoms with E-state index < -0.39 is 24.2 Å². The van der Waals surface area contributed by atoms with Crippen LogP contribution < -0.4 is 16.2 Å². The molecular formula is C19H25F3N6O. The van der Waals surface area contributed by atoms with E-state index >= 15 is 0 Å². The molecular weight excluding hydrogens is 385 g/mol. The first kappa shape index (κ1) is 20.1. The van der Waals surface area contributed by atoms with Crippen molar-refractivity contribution in [3.05, 3.63) is 24.0 Å². The second kappa shape index (κ2) is 7.92. The summed E-state index contributed by atoms with van der Waals surface area (Å²) in [6.45, 7) is 2.93. The number of aromatic nitrogens is 2. The number of anilines is 1. The number of nitrogens with zero attached hydrogens (tertiary/aromatic N) is 3. The zero-order valence-electron chi connectivity index (χ0n) is 16.2. The van der Waals surface area contributed by atoms with Crippen LogP contribution in [0, 0.1) is 0 Å². The van der Waals surface area contributed by atoms with Gasteiger partial charge >= 0.3 is 6.18 Å². The number of hydrogen-bond donors (Lipinski definition) is 3. The standard InChI is InChI=1S/C19H25F3N6O/c1-27-15-6-5-12(23-18(29)14-10-16(26-25-14)19(20,21)22)9-13(15)24-17(27)11-28-7-3-2-4-8-28/h5-6,9,14,16,25-26H,2-4,7-8,10-11H2,1H3,(H,23,29). The van der Waals surface area contributed by atoms with E-state index in [9.17, 15) is 18.0 Å². The lowest BCUT2D eigenvalue weighted by Crippen LogP contribution is -2.43. The third kappa shape index (κ3) is 4.39. The summed E-state index contributed by atoms with van der Waals surface area (Å²) in [4.78, 5) is 19.4. The third-order valence-corrected chi connectivity index (χ3v) is 5.67. The van der Waals surface area contributed by atoms with Crippen LogP contribution in [0.5, 0.6) is 0 Å². The van der Waals surface area contributed by atoms with Crippen molar-refractivity contribution in [1.29, 1.82) is 0 Å². The highest BCUT2D eigenvalue weighted by atomic mass is 19.4. The van der Waals surface area contributed by atoms with Gasteiger partial charge in [-0.2, -0.15) is 13.2 Å². The van der Waals surface area contributed by atoms with Crippen molar-refractivity contribution in [3.8, 4) is 0 Å². The van der Waals surface area contributed by atoms with Crippen LogP contribution >= 0.6 is 0 Å². The number of aryl methyl sites for hydroxylation is 1. The molecule has 4 rings (SSSR count). The molecule has 7 nitrogen and oxygen atoms in total. The third-order valence-electron chi connectivity index (χ3n) is 5.67. The summed E-state index contributed by atoms with van der Waals surface area (Å²) in [7, 11) is 1.97. The van der Waals surface area contributed by atoms with Gasteiger partial charge in [-0.1, -0.05) is 6.42 Å². The number of halogens is 3. The van der Waals surface area contributed by atoms with Crippen LogP contribution in [0.25, 0.3) is 11.0 Å². The molecule has 10 heteroatoms. The van der Waals surface area contributed by atoms with Gasteiger partial charge in [-0.3, -0.25) is 9.69 Å². The molecule has 0 spiro atoms. The lowest BCUT2D eigenvalue weighted by Gasteiger charge is -2.25. The average Bonchev–Trinajstić information content (AvgIpc) is 3.29. The molecule has 3 N–H and O–H groups in total. The molecule has 29 heavy (non-hydrogen) atoms. The van der Waals surface area contributed by atoms with E-state index in [0.717, 1.165) is 36.5 Å². The molecule has 2 aromatic rings. The Kier molecular flexibility index (Phi) is 5.50. The summed E-state index contributed by atoms with van der Waals surface area (Å²) in [5, 5.41) is 2.69. The van der Waals surface area contributed by atoms with Crippen molar-refractivity contribution in [2.75, 3.05) is 18.4 Å². The highest BCUT2D eigenvalue weighted by Crippen LogP contribution is 2.26. The minimum absolute atomic E-state index is 0.346. The fourth-order valence-electron chi connectivity index (χ4n) is 3.96. The van der Waals surface area contributed by atoms with E-state index in [1.807, 2.05) is 17.7 Å². The normalized spacial score (nSPS) is 23.6. The minimum Gasteiger partial charge on any atom is -0.330 e. The number of carbonyl (C=O) groups excluding carboxylic acids is 1. The highest BCUT2D eigenvalue weighted by molar-refractivity contribution is 5.96. The van der Waals surface area contributed by atoms with Gasteiger partial charge in [0.05, 0.1) is 17.6 Å². The van der Waals surface area contributed by atoms with Crippen LogP contribution in [0.1, 0.15) is 31.5 Å². The summed E-state index contributed by atoms with van der Waals surface area (Å²) < 4.78 is 40.3. The van der Waals surface area contributed by atoms with Gasteiger partial charge in [-0.15, -0.1) is 0 Å². The Bertz CT molecular complexity index is 890. The number of amides is 1. The number of hydrogen-bond acceptors (Lipinski definition) is 5. The Labute approximate surface area is 166 Å². The van der Waals surface area contributed by atoms with E-state index in [1.165, 1.54) is 19.3 Å². The molecule has 0 bridgehead atoms. The molecule has 2 fully saturated rings. The maximum absolute atomic E-state index is 12.8. The van der Waals surface area contributed by atoms with Crippen LogP contribution in [-0.2, 0) is 18.4 Å². The number of fused-ring (bicyclic) bond motifs is 1. The first-order chi connectivity index (χ1) is 13.8. The Balaban J connectivity index is 1.44. The van der Waals surface area contributed by atoms with Gasteiger partial charge in [-0.25, -0.2) is 15.8 Å². The Morgan fingerprint density at radius 1 is 1.24 bits per heavy atom. The summed E-state index contributed by atoms with van der Waals surface area (Å²) in [5.41, 5.74) is 6.78. The fourth-order valence-corrected chi connectivity index (χ4v) is 3.96. The van der Waals surface area contributed by atoms with Crippen molar-refractivity contribution in [3.63, 3.8) is 0 Å². The van der Waals surface area contributed by atoms with E-state index in [-0.39, 0.29) is 6.42 Å². The quantitative estimate of drug-likeness (QED) is 0.721. The van der Waals surface area contributed by atoms with Gasteiger partial charge in [0, 0.05) is 12.7 Å². The number of rotatable bonds is 4. The van der Waals surface area contributed by atoms with Gasteiger partial charge in [0.1, 0.15) is 17.9 Å². The van der Waals surface area contributed by atoms with Gasteiger partial charge in [0.15, 0.2) is 0 Å². The number of nitrogens with one attached hydrogen (secondary N) is 3. The summed E-state index contributed by atoms with van der Waals surface area (Å²) >= 11 is 0. The number of imidazole rings is 1. The van der Waals surface area contributed by atoms with Crippen molar-refractivity contribution in [2.45, 2.75) is 50.5 Å². The smallest absolute Gasteiger partial charge is 0.330 e. The summed E-state index contributed by atoms with van der Waals surface area (Å²) in [5.74, 6) is 0.452. The number of piperidine rings is 1. The number of likely N-dealkylation sites (tertiary alicyclic amines) is 1. The zero-order chi connectivity index (χ0) is 20.6. The van der Waals surface area contributed by atoms with Crippen LogP contribution in [0.2, 0.25) is 0 Å². The molecule has 2 unspecified atom stereocenters. The first-order valence-corrected chi connectivity index (χ1v) is 9.87. The minimum atomic E-state index is -4.39. The molecule has 0 aliphatic carbocycles. The highest BCUT2D eigenvalue weighted by Gasteiger charge is 2.45. The van der Waals surface area contributed by atoms with E-state index in [1.54, 1.807) is 12.1 Å². The van der Waals surface area contributed by atoms with Gasteiger partial charge < -0.3 is 9.88 Å². The monoisotopic (exact) mass is 410 g/mol. The molecule has 1 aromatic heterocycles. The van der Waals surface area contributed by atoms with Crippen molar-refractivity contribution in [2.24, 2.45) is 7.05 Å². The molecule has 0 saturated carbocycles. The molecule has 3 heterocycles. The number of alkyl halides is 3. The van der Waals surface area contributed by atoms with Crippen LogP contribution in [0.15, 0.2) is 18.2 Å². The topological polar surface area (TPSA) is 74.2 Å². The van der Waals surface area contributed by atoms with Crippen molar-refractivity contribution < 1.29 is 18.0 Å². The maximum atomic E-state index is 12.8. The average molecular weight is 410 g/mol. The molecule has 158 valence electrons. The van der Waals surface area contributed by atoms with Gasteiger partial charge in [0.2, 0.25) is 5.91 Å². The Morgan fingerprint density at radius 2 is 2.00 bits per heavy atom. The molecule has 1 aromatic carbocycles. The van der Waals surface area contributed by atoms with E-state index in [4.69, 9.17) is 4.98 Å². The van der Waals surface area contributed by atoms with Crippen molar-refractivity contribution in [1.82, 2.24) is 25.3 Å². The Hall–Kier alpha value is -2.17. The van der Waals surface area contributed by atoms with Crippen molar-refractivity contribution >= 4 is 22.6 Å². The first-order valence-electron chi connectivity index (χ1n) is 9.87. The second-order valence-corrected chi connectivity index (χ2v) is 7.79. The fraction of sp³-hybridized carbons (Fsp3) is 0.579. The summed E-state index contributed by atoms with van der Waals surface area (Å²) in [6, 6.07) is 2.70. The predicted octanol–water partition coefficient (Wildman–Crippen LogP) is 2.30. The lowest BCUT2D eigenvalue weighted by atomic mass is 10.1. The summed E-state index contributed by atoms with van der Waals surface area (Å²) in [6.07, 6.45) is -1.04. The largest absolute Gasteiger partial charge is 0.405 e. The molecule has 2 aliphatic rings. The molecule has 2 saturated heterocycles. The molecule has 0 radical (unpaired) electrons. The van der Waals surface area contributed by atoms with Crippen LogP contribution in [-0.4, -0.2) is 51.7 Å². The molecule has 2 atom stereocenters. The number of hydrazine groups is 1. The number of benzene rings is 1. The molecule has 2 aliphatic heterocycles. The molecule has 1 amide bonds. The maximum Gasteiger partial charge on any atom is 0.405 e. The van der Waals surface area contributed by atoms with Gasteiger partial charge in [0.25, 0.3) is 0 Å². The van der Waals surface area contributed by atoms with Crippen LogP contribution in [0.4, 0.5) is 18.9 Å². The SMILES string of the molecule is Cn1c(CN2CCCCC2)nc2cc(NC(=O)C3CC(C(F)(F)F)NN3)ccc21. The number of carbonyl (C=O) groups is 1. The lowest BCUT2D eigenvalue weighted by molar-refractivity contribution is -0.153. The van der Waals surface area contributed by atoms with E-state index in [0.29, 0.717) is 5.69 Å². The van der Waals surface area contributed by atoms with Crippen LogP contribution in [0.3, 0.4) is 0 Å².